The summed E-state index contributed by atoms with van der Waals surface area (Å²) in [7, 11) is 1.92. The lowest BCUT2D eigenvalue weighted by Gasteiger charge is -2.22. The molecule has 0 bridgehead atoms. The summed E-state index contributed by atoms with van der Waals surface area (Å²) in [6, 6.07) is 8.21. The molecule has 1 aliphatic carbocycles. The molecule has 0 unspecified atom stereocenters. The minimum absolute atomic E-state index is 0. The van der Waals surface area contributed by atoms with E-state index in [1.807, 2.05) is 31.3 Å². The highest BCUT2D eigenvalue weighted by molar-refractivity contribution is 5.94. The number of carbonyl (C=O) groups is 1. The zero-order chi connectivity index (χ0) is 12.8. The maximum absolute atomic E-state index is 12.1. The van der Waals surface area contributed by atoms with Crippen LogP contribution in [0, 0.1) is 0 Å². The smallest absolute Gasteiger partial charge is 0.251 e. The Labute approximate surface area is 121 Å². The molecule has 0 aromatic heterocycles. The number of nitrogens with one attached hydrogen (secondary N) is 2. The van der Waals surface area contributed by atoms with Crippen LogP contribution in [0.2, 0.25) is 0 Å². The molecular weight excluding hydrogens is 260 g/mol. The summed E-state index contributed by atoms with van der Waals surface area (Å²) >= 11 is 0. The van der Waals surface area contributed by atoms with Crippen molar-refractivity contribution >= 4 is 18.3 Å². The summed E-state index contributed by atoms with van der Waals surface area (Å²) in [5, 5.41) is 6.23. The lowest BCUT2D eigenvalue weighted by atomic mass is 9.95. The first-order valence-corrected chi connectivity index (χ1v) is 6.84. The average molecular weight is 283 g/mol. The minimum atomic E-state index is 0. The number of hydrogen-bond acceptors (Lipinski definition) is 2. The van der Waals surface area contributed by atoms with Crippen molar-refractivity contribution in [3.63, 3.8) is 0 Å². The van der Waals surface area contributed by atoms with Gasteiger partial charge in [-0.2, -0.15) is 0 Å². The predicted octanol–water partition coefficient (Wildman–Crippen LogP) is 2.89. The fourth-order valence-corrected chi connectivity index (χ4v) is 2.49. The van der Waals surface area contributed by atoms with Crippen LogP contribution < -0.4 is 10.6 Å². The molecule has 0 atom stereocenters. The van der Waals surface area contributed by atoms with Gasteiger partial charge in [0.15, 0.2) is 0 Å². The fourth-order valence-electron chi connectivity index (χ4n) is 2.49. The van der Waals surface area contributed by atoms with Crippen molar-refractivity contribution < 1.29 is 4.79 Å². The molecular formula is C15H23ClN2O. The van der Waals surface area contributed by atoms with E-state index < -0.39 is 0 Å². The quantitative estimate of drug-likeness (QED) is 0.892. The standard InChI is InChI=1S/C15H22N2O.ClH/c1-16-11-12-7-9-13(10-8-12)15(18)17-14-5-3-2-4-6-14;/h7-10,14,16H,2-6,11H2,1H3,(H,17,18);1H. The highest BCUT2D eigenvalue weighted by Gasteiger charge is 2.16. The second-order valence-electron chi connectivity index (χ2n) is 5.04. The van der Waals surface area contributed by atoms with Gasteiger partial charge < -0.3 is 10.6 Å². The molecule has 1 aromatic carbocycles. The largest absolute Gasteiger partial charge is 0.349 e. The topological polar surface area (TPSA) is 41.1 Å². The van der Waals surface area contributed by atoms with Crippen molar-refractivity contribution in [1.29, 1.82) is 0 Å². The lowest BCUT2D eigenvalue weighted by molar-refractivity contribution is 0.0927. The Morgan fingerprint density at radius 2 is 1.79 bits per heavy atom. The zero-order valence-electron chi connectivity index (χ0n) is 11.4. The Morgan fingerprint density at radius 3 is 2.37 bits per heavy atom. The third kappa shape index (κ3) is 4.84. The van der Waals surface area contributed by atoms with Crippen LogP contribution in [0.1, 0.15) is 48.0 Å². The van der Waals surface area contributed by atoms with Gasteiger partial charge in [-0.25, -0.2) is 0 Å². The first-order chi connectivity index (χ1) is 8.79. The molecule has 1 aromatic rings. The van der Waals surface area contributed by atoms with Crippen molar-refractivity contribution in [2.75, 3.05) is 7.05 Å². The van der Waals surface area contributed by atoms with Gasteiger partial charge in [0.1, 0.15) is 0 Å². The number of amides is 1. The van der Waals surface area contributed by atoms with E-state index in [4.69, 9.17) is 0 Å². The summed E-state index contributed by atoms with van der Waals surface area (Å²) in [6.07, 6.45) is 6.05. The first-order valence-electron chi connectivity index (χ1n) is 6.84. The van der Waals surface area contributed by atoms with Crippen LogP contribution in [0.4, 0.5) is 0 Å². The second-order valence-corrected chi connectivity index (χ2v) is 5.04. The zero-order valence-corrected chi connectivity index (χ0v) is 12.3. The van der Waals surface area contributed by atoms with Gasteiger partial charge >= 0.3 is 0 Å². The van der Waals surface area contributed by atoms with Crippen LogP contribution in [0.3, 0.4) is 0 Å². The number of rotatable bonds is 4. The number of benzene rings is 1. The molecule has 1 aliphatic rings. The van der Waals surface area contributed by atoms with Gasteiger partial charge in [0, 0.05) is 18.2 Å². The summed E-state index contributed by atoms with van der Waals surface area (Å²) in [6.45, 7) is 0.838. The summed E-state index contributed by atoms with van der Waals surface area (Å²) in [5.74, 6) is 0.0675. The van der Waals surface area contributed by atoms with Crippen molar-refractivity contribution in [3.8, 4) is 0 Å². The molecule has 0 aliphatic heterocycles. The van der Waals surface area contributed by atoms with Crippen LogP contribution in [-0.2, 0) is 6.54 Å². The SMILES string of the molecule is CNCc1ccc(C(=O)NC2CCCCC2)cc1.Cl. The fraction of sp³-hybridized carbons (Fsp3) is 0.533. The molecule has 106 valence electrons. The molecule has 2 rings (SSSR count). The van der Waals surface area contributed by atoms with Gasteiger partial charge in [0.2, 0.25) is 0 Å². The molecule has 2 N–H and O–H groups in total. The summed E-state index contributed by atoms with van der Waals surface area (Å²) in [5.41, 5.74) is 1.96. The van der Waals surface area contributed by atoms with Crippen LogP contribution in [0.15, 0.2) is 24.3 Å². The third-order valence-electron chi connectivity index (χ3n) is 3.54. The van der Waals surface area contributed by atoms with Gasteiger partial charge in [-0.15, -0.1) is 12.4 Å². The molecule has 1 saturated carbocycles. The van der Waals surface area contributed by atoms with Gasteiger partial charge in [0.25, 0.3) is 5.91 Å². The van der Waals surface area contributed by atoms with E-state index in [2.05, 4.69) is 10.6 Å². The lowest BCUT2D eigenvalue weighted by Crippen LogP contribution is -2.36. The average Bonchev–Trinajstić information content (AvgIpc) is 2.41. The van der Waals surface area contributed by atoms with E-state index in [0.29, 0.717) is 6.04 Å². The van der Waals surface area contributed by atoms with Crippen molar-refractivity contribution in [2.45, 2.75) is 44.7 Å². The van der Waals surface area contributed by atoms with Crippen molar-refractivity contribution in [1.82, 2.24) is 10.6 Å². The monoisotopic (exact) mass is 282 g/mol. The molecule has 1 amide bonds. The molecule has 0 saturated heterocycles. The van der Waals surface area contributed by atoms with Crippen LogP contribution in [0.25, 0.3) is 0 Å². The molecule has 0 spiro atoms. The Balaban J connectivity index is 0.00000180. The summed E-state index contributed by atoms with van der Waals surface area (Å²) in [4.78, 5) is 12.1. The second kappa shape index (κ2) is 8.18. The third-order valence-corrected chi connectivity index (χ3v) is 3.54. The van der Waals surface area contributed by atoms with Crippen LogP contribution >= 0.6 is 12.4 Å². The Morgan fingerprint density at radius 1 is 1.16 bits per heavy atom. The van der Waals surface area contributed by atoms with Crippen LogP contribution in [-0.4, -0.2) is 19.0 Å². The normalized spacial score (nSPS) is 15.6. The van der Waals surface area contributed by atoms with Crippen molar-refractivity contribution in [3.05, 3.63) is 35.4 Å². The number of carbonyl (C=O) groups excluding carboxylic acids is 1. The molecule has 0 radical (unpaired) electrons. The summed E-state index contributed by atoms with van der Waals surface area (Å²) < 4.78 is 0. The molecule has 0 heterocycles. The number of hydrogen-bond donors (Lipinski definition) is 2. The van der Waals surface area contributed by atoms with Crippen LogP contribution in [0.5, 0.6) is 0 Å². The molecule has 1 fully saturated rings. The van der Waals surface area contributed by atoms with E-state index in [1.165, 1.54) is 24.8 Å². The van der Waals surface area contributed by atoms with Gasteiger partial charge in [-0.1, -0.05) is 31.4 Å². The maximum Gasteiger partial charge on any atom is 0.251 e. The van der Waals surface area contributed by atoms with Crippen molar-refractivity contribution in [2.24, 2.45) is 0 Å². The highest BCUT2D eigenvalue weighted by Crippen LogP contribution is 2.17. The number of halogens is 1. The Bertz CT molecular complexity index is 386. The molecule has 3 nitrogen and oxygen atoms in total. The molecule has 19 heavy (non-hydrogen) atoms. The molecule has 4 heteroatoms. The van der Waals surface area contributed by atoms with E-state index in [9.17, 15) is 4.79 Å². The predicted molar refractivity (Wildman–Crippen MR) is 80.8 cm³/mol. The maximum atomic E-state index is 12.1. The van der Waals surface area contributed by atoms with Gasteiger partial charge in [0.05, 0.1) is 0 Å². The Hall–Kier alpha value is -1.06. The van der Waals surface area contributed by atoms with Gasteiger partial charge in [-0.05, 0) is 37.6 Å². The highest BCUT2D eigenvalue weighted by atomic mass is 35.5. The van der Waals surface area contributed by atoms with E-state index in [1.54, 1.807) is 0 Å². The Kier molecular flexibility index (Phi) is 6.89. The van der Waals surface area contributed by atoms with E-state index >= 15 is 0 Å². The van der Waals surface area contributed by atoms with E-state index in [0.717, 1.165) is 24.9 Å². The van der Waals surface area contributed by atoms with Gasteiger partial charge in [-0.3, -0.25) is 4.79 Å². The first kappa shape index (κ1) is 16.0. The minimum Gasteiger partial charge on any atom is -0.349 e. The van der Waals surface area contributed by atoms with E-state index in [-0.39, 0.29) is 18.3 Å².